The maximum Gasteiger partial charge on any atom is 0.156 e. The van der Waals surface area contributed by atoms with Crippen LogP contribution in [0.4, 0.5) is 0 Å². The van der Waals surface area contributed by atoms with Crippen LogP contribution in [0.25, 0.3) is 0 Å². The summed E-state index contributed by atoms with van der Waals surface area (Å²) in [6, 6.07) is 0. The lowest BCUT2D eigenvalue weighted by Crippen LogP contribution is -2.13. The van der Waals surface area contributed by atoms with Crippen LogP contribution in [0.3, 0.4) is 0 Å². The molecule has 0 atom stereocenters. The lowest BCUT2D eigenvalue weighted by molar-refractivity contribution is 1.15. The summed E-state index contributed by atoms with van der Waals surface area (Å²) in [5.74, 6) is 0.880. The van der Waals surface area contributed by atoms with Crippen LogP contribution in [0, 0.1) is 0 Å². The highest BCUT2D eigenvalue weighted by molar-refractivity contribution is 8.13. The predicted molar refractivity (Wildman–Crippen MR) is 53.6 cm³/mol. The molecule has 1 aromatic rings. The van der Waals surface area contributed by atoms with E-state index in [1.54, 1.807) is 25.0 Å². The number of aromatic nitrogens is 2. The van der Waals surface area contributed by atoms with Gasteiger partial charge >= 0.3 is 0 Å². The van der Waals surface area contributed by atoms with Gasteiger partial charge in [-0.1, -0.05) is 16.3 Å². The largest absolute Gasteiger partial charge is 0.368 e. The lowest BCUT2D eigenvalue weighted by atomic mass is 10.6. The highest BCUT2D eigenvalue weighted by atomic mass is 32.2. The van der Waals surface area contributed by atoms with Gasteiger partial charge in [-0.05, 0) is 11.5 Å². The molecular weight excluding hydrogens is 192 g/mol. The summed E-state index contributed by atoms with van der Waals surface area (Å²) in [4.78, 5) is 5.20. The topological polar surface area (TPSA) is 50.2 Å². The number of thioether (sulfide) groups is 1. The highest BCUT2D eigenvalue weighted by Gasteiger charge is 1.99. The van der Waals surface area contributed by atoms with E-state index in [4.69, 9.17) is 0 Å². The van der Waals surface area contributed by atoms with Crippen LogP contribution in [0.1, 0.15) is 4.88 Å². The predicted octanol–water partition coefficient (Wildman–Crippen LogP) is 0.976. The molecule has 0 saturated heterocycles. The molecule has 0 spiro atoms. The minimum Gasteiger partial charge on any atom is -0.368 e. The molecule has 1 N–H and O–H groups in total. The zero-order chi connectivity index (χ0) is 8.81. The number of hydrogen-bond donors (Lipinski definition) is 1. The van der Waals surface area contributed by atoms with Gasteiger partial charge in [-0.15, -0.1) is 5.10 Å². The molecule has 66 valence electrons. The van der Waals surface area contributed by atoms with Crippen LogP contribution in [-0.2, 0) is 5.75 Å². The van der Waals surface area contributed by atoms with E-state index in [1.165, 1.54) is 11.5 Å². The van der Waals surface area contributed by atoms with E-state index < -0.39 is 0 Å². The van der Waals surface area contributed by atoms with Crippen LogP contribution in [0.15, 0.2) is 11.2 Å². The van der Waals surface area contributed by atoms with Crippen molar-refractivity contribution in [1.29, 1.82) is 0 Å². The number of aliphatic imine (C=N–C) groups is 1. The molecule has 1 aromatic heterocycles. The average molecular weight is 202 g/mol. The molecule has 0 saturated carbocycles. The third-order valence-corrected chi connectivity index (χ3v) is 3.13. The molecule has 0 radical (unpaired) electrons. The smallest absolute Gasteiger partial charge is 0.156 e. The van der Waals surface area contributed by atoms with E-state index in [1.807, 2.05) is 7.05 Å². The van der Waals surface area contributed by atoms with Crippen molar-refractivity contribution in [1.82, 2.24) is 14.9 Å². The Balaban J connectivity index is 2.35. The SMILES string of the molecule is CN=C(NC)SCc1cnns1. The first-order valence-corrected chi connectivity index (χ1v) is 5.16. The standard InChI is InChI=1S/C6H10N4S2/c1-7-6(8-2)11-4-5-3-9-10-12-5/h3H,4H2,1-2H3,(H,7,8). The van der Waals surface area contributed by atoms with Crippen molar-refractivity contribution in [3.63, 3.8) is 0 Å². The van der Waals surface area contributed by atoms with E-state index in [0.717, 1.165) is 15.8 Å². The third kappa shape index (κ3) is 2.78. The van der Waals surface area contributed by atoms with E-state index in [9.17, 15) is 0 Å². The zero-order valence-electron chi connectivity index (χ0n) is 6.94. The molecule has 0 aliphatic carbocycles. The first kappa shape index (κ1) is 9.47. The molecule has 0 bridgehead atoms. The average Bonchev–Trinajstić information content (AvgIpc) is 2.59. The van der Waals surface area contributed by atoms with E-state index in [-0.39, 0.29) is 0 Å². The Morgan fingerprint density at radius 3 is 3.17 bits per heavy atom. The number of rotatable bonds is 2. The van der Waals surface area contributed by atoms with E-state index in [0.29, 0.717) is 0 Å². The minimum atomic E-state index is 0.880. The van der Waals surface area contributed by atoms with Gasteiger partial charge in [0, 0.05) is 19.8 Å². The van der Waals surface area contributed by atoms with Gasteiger partial charge in [0.1, 0.15) is 0 Å². The Morgan fingerprint density at radius 1 is 1.83 bits per heavy atom. The number of nitrogens with one attached hydrogen (secondary N) is 1. The third-order valence-electron chi connectivity index (χ3n) is 1.18. The molecule has 0 amide bonds. The lowest BCUT2D eigenvalue weighted by Gasteiger charge is -2.00. The highest BCUT2D eigenvalue weighted by Crippen LogP contribution is 2.13. The maximum atomic E-state index is 4.04. The van der Waals surface area contributed by atoms with Gasteiger partial charge in [-0.2, -0.15) is 0 Å². The maximum absolute atomic E-state index is 4.04. The quantitative estimate of drug-likeness (QED) is 0.573. The summed E-state index contributed by atoms with van der Waals surface area (Å²) in [6.07, 6.45) is 1.78. The monoisotopic (exact) mass is 202 g/mol. The van der Waals surface area contributed by atoms with Crippen LogP contribution >= 0.6 is 23.3 Å². The van der Waals surface area contributed by atoms with E-state index in [2.05, 4.69) is 19.9 Å². The molecule has 1 rings (SSSR count). The van der Waals surface area contributed by atoms with Crippen LogP contribution in [-0.4, -0.2) is 28.8 Å². The van der Waals surface area contributed by atoms with Crippen LogP contribution < -0.4 is 5.32 Å². The Morgan fingerprint density at radius 2 is 2.67 bits per heavy atom. The molecule has 1 heterocycles. The van der Waals surface area contributed by atoms with Crippen molar-refractivity contribution in [3.8, 4) is 0 Å². The summed E-state index contributed by atoms with van der Waals surface area (Å²) < 4.78 is 3.77. The van der Waals surface area contributed by atoms with Gasteiger partial charge in [0.25, 0.3) is 0 Å². The fraction of sp³-hybridized carbons (Fsp3) is 0.500. The molecule has 0 fully saturated rings. The number of hydrogen-bond acceptors (Lipinski definition) is 5. The van der Waals surface area contributed by atoms with Gasteiger partial charge in [-0.25, -0.2) is 0 Å². The second kappa shape index (κ2) is 5.10. The zero-order valence-corrected chi connectivity index (χ0v) is 8.58. The Kier molecular flexibility index (Phi) is 4.02. The van der Waals surface area contributed by atoms with Crippen LogP contribution in [0.2, 0.25) is 0 Å². The van der Waals surface area contributed by atoms with E-state index >= 15 is 0 Å². The summed E-state index contributed by atoms with van der Waals surface area (Å²) in [7, 11) is 3.63. The molecular formula is C6H10N4S2. The molecule has 6 heteroatoms. The fourth-order valence-corrected chi connectivity index (χ4v) is 1.95. The normalized spacial score (nSPS) is 11.7. The van der Waals surface area contributed by atoms with Crippen molar-refractivity contribution in [3.05, 3.63) is 11.1 Å². The van der Waals surface area contributed by atoms with Crippen molar-refractivity contribution in [2.45, 2.75) is 5.75 Å². The molecule has 0 unspecified atom stereocenters. The molecule has 12 heavy (non-hydrogen) atoms. The Labute approximate surface area is 79.6 Å². The summed E-state index contributed by atoms with van der Waals surface area (Å²) >= 11 is 3.07. The minimum absolute atomic E-state index is 0.880. The first-order valence-electron chi connectivity index (χ1n) is 3.40. The molecule has 0 aliphatic heterocycles. The second-order valence-corrected chi connectivity index (χ2v) is 3.79. The van der Waals surface area contributed by atoms with Gasteiger partial charge < -0.3 is 5.32 Å². The summed E-state index contributed by atoms with van der Waals surface area (Å²) in [5, 5.41) is 7.67. The van der Waals surface area contributed by atoms with Crippen molar-refractivity contribution in [2.24, 2.45) is 4.99 Å². The van der Waals surface area contributed by atoms with Gasteiger partial charge in [0.2, 0.25) is 0 Å². The summed E-state index contributed by atoms with van der Waals surface area (Å²) in [6.45, 7) is 0. The van der Waals surface area contributed by atoms with Crippen molar-refractivity contribution < 1.29 is 0 Å². The van der Waals surface area contributed by atoms with Crippen molar-refractivity contribution >= 4 is 28.5 Å². The molecule has 4 nitrogen and oxygen atoms in total. The molecule has 0 aromatic carbocycles. The Hall–Kier alpha value is -0.620. The summed E-state index contributed by atoms with van der Waals surface area (Å²) in [5.41, 5.74) is 0. The second-order valence-electron chi connectivity index (χ2n) is 1.95. The van der Waals surface area contributed by atoms with Gasteiger partial charge in [0.15, 0.2) is 5.17 Å². The van der Waals surface area contributed by atoms with Crippen molar-refractivity contribution in [2.75, 3.05) is 14.1 Å². The van der Waals surface area contributed by atoms with Gasteiger partial charge in [0.05, 0.1) is 11.1 Å². The first-order chi connectivity index (χ1) is 5.86. The van der Waals surface area contributed by atoms with Gasteiger partial charge in [-0.3, -0.25) is 4.99 Å². The Bertz CT molecular complexity index is 244. The van der Waals surface area contributed by atoms with Crippen LogP contribution in [0.5, 0.6) is 0 Å². The fourth-order valence-electron chi connectivity index (χ4n) is 0.639. The number of amidine groups is 1. The molecule has 0 aliphatic rings. The number of nitrogens with zero attached hydrogens (tertiary/aromatic N) is 3.